The molecule has 0 N–H and O–H groups in total. The molecule has 1 aliphatic rings. The van der Waals surface area contributed by atoms with E-state index in [1.807, 2.05) is 0 Å². The Hall–Kier alpha value is -0.780. The Kier molecular flexibility index (Phi) is 6.80. The smallest absolute Gasteiger partial charge is 0.0274 e. The van der Waals surface area contributed by atoms with Gasteiger partial charge in [-0.2, -0.15) is 0 Å². The van der Waals surface area contributed by atoms with Crippen LogP contribution < -0.4 is 0 Å². The van der Waals surface area contributed by atoms with E-state index in [1.54, 1.807) is 5.56 Å². The molecule has 118 valence electrons. The van der Waals surface area contributed by atoms with Crippen molar-refractivity contribution in [1.29, 1.82) is 0 Å². The lowest BCUT2D eigenvalue weighted by molar-refractivity contribution is 0.219. The lowest BCUT2D eigenvalue weighted by Crippen LogP contribution is -2.19. The van der Waals surface area contributed by atoms with Crippen LogP contribution in [-0.2, 0) is 12.8 Å². The minimum absolute atomic E-state index is 0.597. The fraction of sp³-hybridized carbons (Fsp3) is 0.714. The lowest BCUT2D eigenvalue weighted by atomic mass is 9.74. The summed E-state index contributed by atoms with van der Waals surface area (Å²) >= 11 is 0. The van der Waals surface area contributed by atoms with Gasteiger partial charge in [-0.25, -0.2) is 0 Å². The molecular formula is C21H34. The first kappa shape index (κ1) is 16.6. The molecule has 1 fully saturated rings. The number of unbranched alkanes of at least 4 members (excludes halogenated alkanes) is 1. The van der Waals surface area contributed by atoms with Gasteiger partial charge in [-0.3, -0.25) is 0 Å². The highest BCUT2D eigenvalue weighted by atomic mass is 14.3. The molecular weight excluding hydrogens is 252 g/mol. The first-order chi connectivity index (χ1) is 10.2. The Morgan fingerprint density at radius 2 is 1.52 bits per heavy atom. The van der Waals surface area contributed by atoms with Gasteiger partial charge in [-0.05, 0) is 55.1 Å². The quantitative estimate of drug-likeness (QED) is 0.545. The third kappa shape index (κ3) is 5.85. The highest BCUT2D eigenvalue weighted by Crippen LogP contribution is 2.37. The van der Waals surface area contributed by atoms with E-state index >= 15 is 0 Å². The minimum atomic E-state index is 0.597. The van der Waals surface area contributed by atoms with E-state index in [-0.39, 0.29) is 0 Å². The third-order valence-electron chi connectivity index (χ3n) is 5.39. The van der Waals surface area contributed by atoms with Crippen molar-refractivity contribution in [2.24, 2.45) is 5.41 Å². The van der Waals surface area contributed by atoms with E-state index in [0.717, 1.165) is 0 Å². The van der Waals surface area contributed by atoms with Crippen molar-refractivity contribution < 1.29 is 0 Å². The SMILES string of the molecule is CCCCc1cccc(CCC2(C)CCCCCCC2)c1. The monoisotopic (exact) mass is 286 g/mol. The molecule has 0 saturated heterocycles. The van der Waals surface area contributed by atoms with Crippen molar-refractivity contribution in [3.8, 4) is 0 Å². The number of rotatable bonds is 6. The first-order valence-electron chi connectivity index (χ1n) is 9.30. The maximum absolute atomic E-state index is 2.54. The second-order valence-corrected chi connectivity index (χ2v) is 7.50. The molecule has 0 atom stereocenters. The van der Waals surface area contributed by atoms with Crippen LogP contribution in [0.4, 0.5) is 0 Å². The Balaban J connectivity index is 1.88. The zero-order valence-corrected chi connectivity index (χ0v) is 14.3. The van der Waals surface area contributed by atoms with Gasteiger partial charge in [0.2, 0.25) is 0 Å². The number of benzene rings is 1. The van der Waals surface area contributed by atoms with Crippen LogP contribution in [-0.4, -0.2) is 0 Å². The van der Waals surface area contributed by atoms with E-state index < -0.39 is 0 Å². The summed E-state index contributed by atoms with van der Waals surface area (Å²) in [5, 5.41) is 0. The number of hydrogen-bond donors (Lipinski definition) is 0. The summed E-state index contributed by atoms with van der Waals surface area (Å²) in [6.45, 7) is 4.82. The molecule has 0 bridgehead atoms. The standard InChI is InChI=1S/C21H34/c1-3-4-11-19-12-10-13-20(18-19)14-17-21(2)15-8-6-5-7-9-16-21/h10,12-13,18H,3-9,11,14-17H2,1-2H3. The molecule has 0 unspecified atom stereocenters. The molecule has 21 heavy (non-hydrogen) atoms. The highest BCUT2D eigenvalue weighted by Gasteiger charge is 2.24. The Morgan fingerprint density at radius 1 is 0.905 bits per heavy atom. The minimum Gasteiger partial charge on any atom is -0.0654 e. The molecule has 0 aromatic heterocycles. The molecule has 0 nitrogen and oxygen atoms in total. The van der Waals surface area contributed by atoms with Crippen molar-refractivity contribution in [3.05, 3.63) is 35.4 Å². The summed E-state index contributed by atoms with van der Waals surface area (Å²) in [4.78, 5) is 0. The molecule has 2 rings (SSSR count). The van der Waals surface area contributed by atoms with Crippen LogP contribution in [0.3, 0.4) is 0 Å². The zero-order chi connectivity index (χ0) is 15.0. The van der Waals surface area contributed by atoms with Gasteiger partial charge in [0.05, 0.1) is 0 Å². The van der Waals surface area contributed by atoms with E-state index in [1.165, 1.54) is 82.6 Å². The molecule has 1 aliphatic carbocycles. The topological polar surface area (TPSA) is 0 Å². The van der Waals surface area contributed by atoms with Gasteiger partial charge in [-0.15, -0.1) is 0 Å². The van der Waals surface area contributed by atoms with Crippen LogP contribution in [0.2, 0.25) is 0 Å². The molecule has 1 saturated carbocycles. The molecule has 0 heteroatoms. The lowest BCUT2D eigenvalue weighted by Gasteiger charge is -2.31. The van der Waals surface area contributed by atoms with E-state index in [0.29, 0.717) is 5.41 Å². The van der Waals surface area contributed by atoms with Gasteiger partial charge in [0.15, 0.2) is 0 Å². The second kappa shape index (κ2) is 8.61. The molecule has 1 aromatic carbocycles. The summed E-state index contributed by atoms with van der Waals surface area (Å²) < 4.78 is 0. The van der Waals surface area contributed by atoms with Crippen LogP contribution in [0.25, 0.3) is 0 Å². The van der Waals surface area contributed by atoms with Crippen LogP contribution in [0, 0.1) is 5.41 Å². The molecule has 0 radical (unpaired) electrons. The first-order valence-corrected chi connectivity index (χ1v) is 9.30. The van der Waals surface area contributed by atoms with Gasteiger partial charge in [0, 0.05) is 0 Å². The Labute approximate surface area is 132 Å². The van der Waals surface area contributed by atoms with Crippen LogP contribution in [0.1, 0.15) is 89.2 Å². The second-order valence-electron chi connectivity index (χ2n) is 7.50. The average Bonchev–Trinajstić information content (AvgIpc) is 2.48. The van der Waals surface area contributed by atoms with Gasteiger partial charge in [0.25, 0.3) is 0 Å². The zero-order valence-electron chi connectivity index (χ0n) is 14.3. The number of hydrogen-bond acceptors (Lipinski definition) is 0. The molecule has 0 amide bonds. The summed E-state index contributed by atoms with van der Waals surface area (Å²) in [5.41, 5.74) is 3.70. The van der Waals surface area contributed by atoms with E-state index in [9.17, 15) is 0 Å². The van der Waals surface area contributed by atoms with Crippen molar-refractivity contribution >= 4 is 0 Å². The van der Waals surface area contributed by atoms with Gasteiger partial charge in [-0.1, -0.05) is 76.6 Å². The van der Waals surface area contributed by atoms with E-state index in [4.69, 9.17) is 0 Å². The Morgan fingerprint density at radius 3 is 2.19 bits per heavy atom. The predicted octanol–water partition coefficient (Wildman–Crippen LogP) is 6.71. The van der Waals surface area contributed by atoms with E-state index in [2.05, 4.69) is 38.1 Å². The fourth-order valence-corrected chi connectivity index (χ4v) is 3.78. The van der Waals surface area contributed by atoms with Crippen molar-refractivity contribution in [2.45, 2.75) is 90.9 Å². The maximum atomic E-state index is 2.54. The van der Waals surface area contributed by atoms with Crippen molar-refractivity contribution in [3.63, 3.8) is 0 Å². The van der Waals surface area contributed by atoms with Gasteiger partial charge < -0.3 is 0 Å². The van der Waals surface area contributed by atoms with Gasteiger partial charge in [0.1, 0.15) is 0 Å². The summed E-state index contributed by atoms with van der Waals surface area (Å²) in [6, 6.07) is 9.36. The number of aryl methyl sites for hydroxylation is 2. The van der Waals surface area contributed by atoms with Crippen LogP contribution in [0.5, 0.6) is 0 Å². The van der Waals surface area contributed by atoms with Crippen LogP contribution in [0.15, 0.2) is 24.3 Å². The highest BCUT2D eigenvalue weighted by molar-refractivity contribution is 5.23. The van der Waals surface area contributed by atoms with Gasteiger partial charge >= 0.3 is 0 Å². The predicted molar refractivity (Wildman–Crippen MR) is 93.8 cm³/mol. The maximum Gasteiger partial charge on any atom is -0.0274 e. The third-order valence-corrected chi connectivity index (χ3v) is 5.39. The molecule has 0 heterocycles. The average molecular weight is 287 g/mol. The van der Waals surface area contributed by atoms with Crippen molar-refractivity contribution in [1.82, 2.24) is 0 Å². The summed E-state index contributed by atoms with van der Waals surface area (Å²) in [5.74, 6) is 0. The van der Waals surface area contributed by atoms with Crippen molar-refractivity contribution in [2.75, 3.05) is 0 Å². The molecule has 0 aliphatic heterocycles. The summed E-state index contributed by atoms with van der Waals surface area (Å²) in [7, 11) is 0. The largest absolute Gasteiger partial charge is 0.0654 e. The fourth-order valence-electron chi connectivity index (χ4n) is 3.78. The molecule has 1 aromatic rings. The Bertz CT molecular complexity index is 396. The normalized spacial score (nSPS) is 19.0. The summed E-state index contributed by atoms with van der Waals surface area (Å²) in [6.07, 6.45) is 16.7. The van der Waals surface area contributed by atoms with Crippen LogP contribution >= 0.6 is 0 Å². The molecule has 0 spiro atoms.